The topological polar surface area (TPSA) is 237 Å². The van der Waals surface area contributed by atoms with Crippen LogP contribution in [0.5, 0.6) is 0 Å². The molecule has 0 fully saturated rings. The first-order valence-electron chi connectivity index (χ1n) is 36.2. The summed E-state index contributed by atoms with van der Waals surface area (Å²) >= 11 is 0. The van der Waals surface area contributed by atoms with Crippen LogP contribution in [0.25, 0.3) is 0 Å². The molecule has 0 radical (unpaired) electrons. The minimum atomic E-state index is -4.96. The number of phosphoric acid groups is 2. The summed E-state index contributed by atoms with van der Waals surface area (Å²) in [5, 5.41) is 10.6. The Labute approximate surface area is 548 Å². The zero-order valence-corrected chi connectivity index (χ0v) is 59.9. The molecule has 0 rings (SSSR count). The Bertz CT molecular complexity index is 1860. The first-order chi connectivity index (χ1) is 43.3. The van der Waals surface area contributed by atoms with Crippen molar-refractivity contribution in [2.45, 2.75) is 349 Å². The maximum atomic E-state index is 13.0. The van der Waals surface area contributed by atoms with Crippen LogP contribution < -0.4 is 0 Å². The lowest BCUT2D eigenvalue weighted by Gasteiger charge is -2.21. The molecule has 90 heavy (non-hydrogen) atoms. The minimum absolute atomic E-state index is 0.0979. The van der Waals surface area contributed by atoms with Gasteiger partial charge in [-0.2, -0.15) is 0 Å². The molecule has 0 aliphatic carbocycles. The predicted octanol–water partition coefficient (Wildman–Crippen LogP) is 19.8. The van der Waals surface area contributed by atoms with Crippen molar-refractivity contribution in [1.29, 1.82) is 0 Å². The van der Waals surface area contributed by atoms with Crippen LogP contribution in [-0.2, 0) is 65.4 Å². The quantitative estimate of drug-likeness (QED) is 0.0169. The molecule has 0 heterocycles. The molecule has 0 aliphatic rings. The van der Waals surface area contributed by atoms with Gasteiger partial charge in [0.15, 0.2) is 12.2 Å². The Balaban J connectivity index is 5.29. The summed E-state index contributed by atoms with van der Waals surface area (Å²) in [4.78, 5) is 72.5. The van der Waals surface area contributed by atoms with Gasteiger partial charge in [0.05, 0.1) is 26.4 Å². The zero-order chi connectivity index (χ0) is 66.6. The van der Waals surface area contributed by atoms with E-state index in [2.05, 4.69) is 72.8 Å². The molecule has 0 bridgehead atoms. The van der Waals surface area contributed by atoms with Gasteiger partial charge in [0.1, 0.15) is 19.3 Å². The van der Waals surface area contributed by atoms with E-state index in [1.165, 1.54) is 116 Å². The van der Waals surface area contributed by atoms with E-state index in [-0.39, 0.29) is 25.7 Å². The molecule has 0 spiro atoms. The van der Waals surface area contributed by atoms with E-state index in [9.17, 15) is 43.2 Å². The Morgan fingerprint density at radius 2 is 0.656 bits per heavy atom. The van der Waals surface area contributed by atoms with Gasteiger partial charge in [0.2, 0.25) is 0 Å². The van der Waals surface area contributed by atoms with E-state index in [4.69, 9.17) is 37.0 Å². The van der Waals surface area contributed by atoms with Crippen molar-refractivity contribution in [1.82, 2.24) is 0 Å². The van der Waals surface area contributed by atoms with Gasteiger partial charge >= 0.3 is 39.5 Å². The SMILES string of the molecule is CCCCCC/C=C\C=C/CCCCCCCC(=O)OC[C@H](COP(=O)(O)OC[C@@H](O)COP(=O)(O)OC[C@@H](COC(=O)CCCCCCCCC(C)CC)OC(=O)CCCCCCCCCCCCC(C)C)OC(=O)CCCCCCCCCCCC(C)C. The summed E-state index contributed by atoms with van der Waals surface area (Å²) in [6.07, 6.45) is 48.0. The number of carbonyl (C=O) groups is 4. The molecule has 0 saturated carbocycles. The maximum absolute atomic E-state index is 13.0. The average Bonchev–Trinajstić information content (AvgIpc) is 3.62. The van der Waals surface area contributed by atoms with E-state index in [1.54, 1.807) is 0 Å². The molecule has 17 nitrogen and oxygen atoms in total. The van der Waals surface area contributed by atoms with Crippen LogP contribution in [0.4, 0.5) is 0 Å². The number of hydrogen-bond donors (Lipinski definition) is 3. The number of rotatable bonds is 67. The van der Waals surface area contributed by atoms with Crippen LogP contribution in [0, 0.1) is 17.8 Å². The van der Waals surface area contributed by atoms with Gasteiger partial charge in [-0.1, -0.05) is 278 Å². The van der Waals surface area contributed by atoms with Gasteiger partial charge in [0, 0.05) is 25.7 Å². The number of esters is 4. The summed E-state index contributed by atoms with van der Waals surface area (Å²) < 4.78 is 68.3. The highest BCUT2D eigenvalue weighted by molar-refractivity contribution is 7.47. The number of allylic oxidation sites excluding steroid dienone is 4. The molecule has 530 valence electrons. The maximum Gasteiger partial charge on any atom is 0.472 e. The molecule has 0 aliphatic heterocycles. The molecule has 3 unspecified atom stereocenters. The second kappa shape index (κ2) is 61.4. The third kappa shape index (κ3) is 63.0. The Kier molecular flexibility index (Phi) is 59.7. The average molecular weight is 1320 g/mol. The Hall–Kier alpha value is -2.46. The van der Waals surface area contributed by atoms with Gasteiger partial charge < -0.3 is 33.8 Å². The van der Waals surface area contributed by atoms with Gasteiger partial charge in [-0.15, -0.1) is 0 Å². The van der Waals surface area contributed by atoms with E-state index in [0.29, 0.717) is 25.7 Å². The van der Waals surface area contributed by atoms with Crippen molar-refractivity contribution in [2.75, 3.05) is 39.6 Å². The fourth-order valence-corrected chi connectivity index (χ4v) is 11.7. The smallest absolute Gasteiger partial charge is 0.462 e. The Morgan fingerprint density at radius 1 is 0.367 bits per heavy atom. The number of carbonyl (C=O) groups excluding carboxylic acids is 4. The number of ether oxygens (including phenoxy) is 4. The largest absolute Gasteiger partial charge is 0.472 e. The molecule has 0 aromatic heterocycles. The molecule has 19 heteroatoms. The van der Waals surface area contributed by atoms with Crippen LogP contribution in [0.3, 0.4) is 0 Å². The lowest BCUT2D eigenvalue weighted by atomic mass is 10.00. The van der Waals surface area contributed by atoms with Gasteiger partial charge in [-0.25, -0.2) is 9.13 Å². The first-order valence-corrected chi connectivity index (χ1v) is 39.2. The number of aliphatic hydroxyl groups excluding tert-OH is 1. The van der Waals surface area contributed by atoms with Crippen molar-refractivity contribution in [3.05, 3.63) is 24.3 Å². The van der Waals surface area contributed by atoms with Crippen molar-refractivity contribution in [2.24, 2.45) is 17.8 Å². The van der Waals surface area contributed by atoms with E-state index >= 15 is 0 Å². The summed E-state index contributed by atoms with van der Waals surface area (Å²) in [6, 6.07) is 0. The second-order valence-corrected chi connectivity index (χ2v) is 29.0. The van der Waals surface area contributed by atoms with Crippen molar-refractivity contribution in [3.8, 4) is 0 Å². The molecule has 3 N–H and O–H groups in total. The highest BCUT2D eigenvalue weighted by Gasteiger charge is 2.30. The second-order valence-electron chi connectivity index (χ2n) is 26.1. The lowest BCUT2D eigenvalue weighted by Crippen LogP contribution is -2.30. The van der Waals surface area contributed by atoms with Crippen molar-refractivity contribution < 1.29 is 80.2 Å². The van der Waals surface area contributed by atoms with Gasteiger partial charge in [-0.05, 0) is 69.1 Å². The molecule has 0 amide bonds. The third-order valence-corrected chi connectivity index (χ3v) is 18.0. The molecule has 6 atom stereocenters. The highest BCUT2D eigenvalue weighted by Crippen LogP contribution is 2.45. The number of phosphoric ester groups is 2. The number of aliphatic hydroxyl groups is 1. The van der Waals surface area contributed by atoms with Crippen molar-refractivity contribution >= 4 is 39.5 Å². The van der Waals surface area contributed by atoms with E-state index in [0.717, 1.165) is 133 Å². The Morgan fingerprint density at radius 3 is 0.989 bits per heavy atom. The third-order valence-electron chi connectivity index (χ3n) is 16.1. The number of unbranched alkanes of at least 4 members (excludes halogenated alkanes) is 31. The van der Waals surface area contributed by atoms with Crippen LogP contribution >= 0.6 is 15.6 Å². The summed E-state index contributed by atoms with van der Waals surface area (Å²) in [6.45, 7) is 11.7. The van der Waals surface area contributed by atoms with E-state index in [1.807, 2.05) is 0 Å². The van der Waals surface area contributed by atoms with Crippen LogP contribution in [0.1, 0.15) is 331 Å². The summed E-state index contributed by atoms with van der Waals surface area (Å²) in [7, 11) is -9.91. The normalized spacial score (nSPS) is 14.7. The van der Waals surface area contributed by atoms with Crippen LogP contribution in [-0.4, -0.2) is 96.7 Å². The molecular formula is C71H134O17P2. The summed E-state index contributed by atoms with van der Waals surface area (Å²) in [5.41, 5.74) is 0. The van der Waals surface area contributed by atoms with E-state index < -0.39 is 97.5 Å². The highest BCUT2D eigenvalue weighted by atomic mass is 31.2. The number of hydrogen-bond acceptors (Lipinski definition) is 15. The molecule has 0 saturated heterocycles. The molecule has 0 aromatic carbocycles. The van der Waals surface area contributed by atoms with Gasteiger partial charge in [0.25, 0.3) is 0 Å². The lowest BCUT2D eigenvalue weighted by molar-refractivity contribution is -0.161. The first kappa shape index (κ1) is 87.5. The zero-order valence-electron chi connectivity index (χ0n) is 58.1. The van der Waals surface area contributed by atoms with Crippen molar-refractivity contribution in [3.63, 3.8) is 0 Å². The molecular weight excluding hydrogens is 1190 g/mol. The monoisotopic (exact) mass is 1320 g/mol. The fourth-order valence-electron chi connectivity index (χ4n) is 10.1. The predicted molar refractivity (Wildman–Crippen MR) is 363 cm³/mol. The van der Waals surface area contributed by atoms with Crippen LogP contribution in [0.15, 0.2) is 24.3 Å². The summed E-state index contributed by atoms with van der Waals surface area (Å²) in [5.74, 6) is 0.0556. The fraction of sp³-hybridized carbons (Fsp3) is 0.887. The van der Waals surface area contributed by atoms with Crippen LogP contribution in [0.2, 0.25) is 0 Å². The minimum Gasteiger partial charge on any atom is -0.462 e. The molecule has 0 aromatic rings. The van der Waals surface area contributed by atoms with Gasteiger partial charge in [-0.3, -0.25) is 37.3 Å². The standard InChI is InChI=1S/C71H134O17P2/c1-8-10-11-12-13-14-15-16-17-18-19-25-30-38-45-52-68(73)81-58-66(87-71(76)55-48-41-32-27-22-24-29-36-43-50-63(5)6)60-85-89(77,78)83-56-65(72)57-84-90(79,80)86-61-67(59-82-69(74)53-46-39-34-33-37-44-51-64(7)9-2)88-70(75)54-47-40-31-26-21-20-23-28-35-42-49-62(3)4/h14-17,62-67,72H,8-13,18-61H2,1-7H3,(H,77,78)(H,79,80)/b15-14-,17-16-/t64?,65-,66-,67-/m1/s1.